The number of ether oxygens (including phenoxy) is 1. The molecule has 3 aromatic carbocycles. The fourth-order valence-electron chi connectivity index (χ4n) is 2.77. The van der Waals surface area contributed by atoms with Crippen molar-refractivity contribution in [2.45, 2.75) is 18.4 Å². The van der Waals surface area contributed by atoms with Gasteiger partial charge in [-0.1, -0.05) is 41.4 Å². The lowest BCUT2D eigenvalue weighted by atomic mass is 10.2. The molecule has 0 aliphatic carbocycles. The Balaban J connectivity index is 1.94. The molecule has 8 heteroatoms. The van der Waals surface area contributed by atoms with E-state index in [0.29, 0.717) is 22.9 Å². The molecule has 156 valence electrons. The highest BCUT2D eigenvalue weighted by molar-refractivity contribution is 7.92. The maximum Gasteiger partial charge on any atom is 0.337 e. The number of nitrogens with one attached hydrogen (secondary N) is 2. The van der Waals surface area contributed by atoms with Crippen LogP contribution in [0.4, 0.5) is 11.4 Å². The molecule has 0 aliphatic heterocycles. The average Bonchev–Trinajstić information content (AvgIpc) is 2.74. The number of sulfonamides is 1. The zero-order chi connectivity index (χ0) is 21.7. The number of carbonyl (C=O) groups excluding carboxylic acids is 1. The second kappa shape index (κ2) is 9.19. The number of anilines is 2. The summed E-state index contributed by atoms with van der Waals surface area (Å²) in [6.07, 6.45) is 0. The molecule has 0 bridgehead atoms. The van der Waals surface area contributed by atoms with Gasteiger partial charge in [-0.25, -0.2) is 13.2 Å². The van der Waals surface area contributed by atoms with E-state index in [2.05, 4.69) is 10.0 Å². The monoisotopic (exact) mass is 444 g/mol. The zero-order valence-electron chi connectivity index (χ0n) is 16.5. The Hall–Kier alpha value is -3.03. The minimum atomic E-state index is -3.97. The molecule has 3 aromatic rings. The van der Waals surface area contributed by atoms with Gasteiger partial charge in [-0.3, -0.25) is 4.72 Å². The summed E-state index contributed by atoms with van der Waals surface area (Å²) >= 11 is 5.91. The fourth-order valence-corrected chi connectivity index (χ4v) is 4.16. The topological polar surface area (TPSA) is 84.5 Å². The van der Waals surface area contributed by atoms with Gasteiger partial charge in [0.2, 0.25) is 0 Å². The summed E-state index contributed by atoms with van der Waals surface area (Å²) < 4.78 is 33.5. The number of methoxy groups -OCH3 is 1. The van der Waals surface area contributed by atoms with Crippen LogP contribution in [-0.2, 0) is 21.3 Å². The third-order valence-electron chi connectivity index (χ3n) is 4.39. The van der Waals surface area contributed by atoms with E-state index < -0.39 is 16.0 Å². The molecule has 0 unspecified atom stereocenters. The van der Waals surface area contributed by atoms with Gasteiger partial charge in [0.25, 0.3) is 10.0 Å². The van der Waals surface area contributed by atoms with Crippen LogP contribution >= 0.6 is 11.6 Å². The van der Waals surface area contributed by atoms with Crippen molar-refractivity contribution >= 4 is 39.0 Å². The van der Waals surface area contributed by atoms with Gasteiger partial charge in [-0.15, -0.1) is 0 Å². The molecular weight excluding hydrogens is 424 g/mol. The Kier molecular flexibility index (Phi) is 6.64. The Labute approximate surface area is 180 Å². The van der Waals surface area contributed by atoms with Crippen LogP contribution in [0.1, 0.15) is 21.5 Å². The Morgan fingerprint density at radius 1 is 1.00 bits per heavy atom. The van der Waals surface area contributed by atoms with Crippen LogP contribution in [0.2, 0.25) is 5.02 Å². The number of hydrogen-bond acceptors (Lipinski definition) is 5. The first kappa shape index (κ1) is 21.7. The molecular formula is C22H21ClN2O4S. The van der Waals surface area contributed by atoms with Gasteiger partial charge >= 0.3 is 5.97 Å². The molecule has 0 heterocycles. The fraction of sp³-hybridized carbons (Fsp3) is 0.136. The highest BCUT2D eigenvalue weighted by atomic mass is 35.5. The molecule has 0 atom stereocenters. The van der Waals surface area contributed by atoms with Crippen LogP contribution in [0.5, 0.6) is 0 Å². The first-order valence-electron chi connectivity index (χ1n) is 9.08. The van der Waals surface area contributed by atoms with Crippen molar-refractivity contribution in [1.29, 1.82) is 0 Å². The van der Waals surface area contributed by atoms with Crippen molar-refractivity contribution in [3.63, 3.8) is 0 Å². The number of benzene rings is 3. The van der Waals surface area contributed by atoms with Crippen LogP contribution in [-0.4, -0.2) is 21.5 Å². The Morgan fingerprint density at radius 2 is 1.67 bits per heavy atom. The summed E-state index contributed by atoms with van der Waals surface area (Å²) in [6.45, 7) is 2.29. The van der Waals surface area contributed by atoms with Crippen LogP contribution in [0.25, 0.3) is 0 Å². The minimum absolute atomic E-state index is 0.0556. The summed E-state index contributed by atoms with van der Waals surface area (Å²) in [6, 6.07) is 18.5. The maximum absolute atomic E-state index is 13.1. The predicted molar refractivity (Wildman–Crippen MR) is 119 cm³/mol. The van der Waals surface area contributed by atoms with Crippen molar-refractivity contribution in [1.82, 2.24) is 0 Å². The SMILES string of the molecule is COC(=O)c1ccc(NCc2ccc(Cl)cc2)c(S(=O)(=O)Nc2ccc(C)cc2)c1. The van der Waals surface area contributed by atoms with Crippen LogP contribution in [0.3, 0.4) is 0 Å². The van der Waals surface area contributed by atoms with E-state index in [4.69, 9.17) is 16.3 Å². The van der Waals surface area contributed by atoms with Gasteiger partial charge < -0.3 is 10.1 Å². The van der Waals surface area contributed by atoms with Crippen molar-refractivity contribution in [3.8, 4) is 0 Å². The lowest BCUT2D eigenvalue weighted by Crippen LogP contribution is -2.16. The van der Waals surface area contributed by atoms with Crippen molar-refractivity contribution in [2.24, 2.45) is 0 Å². The molecule has 0 spiro atoms. The first-order chi connectivity index (χ1) is 14.3. The highest BCUT2D eigenvalue weighted by Crippen LogP contribution is 2.26. The van der Waals surface area contributed by atoms with E-state index in [9.17, 15) is 13.2 Å². The van der Waals surface area contributed by atoms with E-state index in [1.807, 2.05) is 31.2 Å². The van der Waals surface area contributed by atoms with Crippen LogP contribution in [0.15, 0.2) is 71.6 Å². The molecule has 2 N–H and O–H groups in total. The molecule has 0 saturated carbocycles. The largest absolute Gasteiger partial charge is 0.465 e. The summed E-state index contributed by atoms with van der Waals surface area (Å²) in [7, 11) is -2.73. The first-order valence-corrected chi connectivity index (χ1v) is 10.9. The highest BCUT2D eigenvalue weighted by Gasteiger charge is 2.21. The summed E-state index contributed by atoms with van der Waals surface area (Å²) in [5, 5.41) is 3.74. The molecule has 6 nitrogen and oxygen atoms in total. The van der Waals surface area contributed by atoms with Gasteiger partial charge in [-0.2, -0.15) is 0 Å². The summed E-state index contributed by atoms with van der Waals surface area (Å²) in [5.74, 6) is -0.619. The quantitative estimate of drug-likeness (QED) is 0.509. The second-order valence-corrected chi connectivity index (χ2v) is 8.74. The molecule has 0 aliphatic rings. The van der Waals surface area contributed by atoms with E-state index in [1.54, 1.807) is 30.3 Å². The molecule has 0 saturated heterocycles. The number of rotatable bonds is 7. The smallest absolute Gasteiger partial charge is 0.337 e. The molecule has 3 rings (SSSR count). The lowest BCUT2D eigenvalue weighted by Gasteiger charge is -2.15. The van der Waals surface area contributed by atoms with Crippen molar-refractivity contribution < 1.29 is 17.9 Å². The van der Waals surface area contributed by atoms with E-state index in [-0.39, 0.29) is 10.5 Å². The third-order valence-corrected chi connectivity index (χ3v) is 6.07. The number of aryl methyl sites for hydroxylation is 1. The van der Waals surface area contributed by atoms with Gasteiger partial charge in [0.15, 0.2) is 0 Å². The zero-order valence-corrected chi connectivity index (χ0v) is 18.0. The minimum Gasteiger partial charge on any atom is -0.465 e. The Bertz CT molecular complexity index is 1140. The molecule has 30 heavy (non-hydrogen) atoms. The number of halogens is 1. The van der Waals surface area contributed by atoms with Crippen molar-refractivity contribution in [3.05, 3.63) is 88.4 Å². The summed E-state index contributed by atoms with van der Waals surface area (Å²) in [5.41, 5.74) is 2.85. The maximum atomic E-state index is 13.1. The van der Waals surface area contributed by atoms with E-state index >= 15 is 0 Å². The lowest BCUT2D eigenvalue weighted by molar-refractivity contribution is 0.0600. The van der Waals surface area contributed by atoms with Crippen LogP contribution in [0, 0.1) is 6.92 Å². The predicted octanol–water partition coefficient (Wildman–Crippen LogP) is 4.85. The standard InChI is InChI=1S/C22H21ClN2O4S/c1-15-3-10-19(11-4-15)25-30(27,28)21-13-17(22(26)29-2)7-12-20(21)24-14-16-5-8-18(23)9-6-16/h3-13,24-25H,14H2,1-2H3. The normalized spacial score (nSPS) is 11.0. The third kappa shape index (κ3) is 5.31. The second-order valence-electron chi connectivity index (χ2n) is 6.65. The van der Waals surface area contributed by atoms with E-state index in [1.165, 1.54) is 19.2 Å². The number of carbonyl (C=O) groups is 1. The van der Waals surface area contributed by atoms with Crippen molar-refractivity contribution in [2.75, 3.05) is 17.1 Å². The van der Waals surface area contributed by atoms with Gasteiger partial charge in [0.1, 0.15) is 4.90 Å². The Morgan fingerprint density at radius 3 is 2.30 bits per heavy atom. The molecule has 0 fully saturated rings. The van der Waals surface area contributed by atoms with Gasteiger partial charge in [0, 0.05) is 17.3 Å². The average molecular weight is 445 g/mol. The van der Waals surface area contributed by atoms with E-state index in [0.717, 1.165) is 11.1 Å². The van der Waals surface area contributed by atoms with Crippen LogP contribution < -0.4 is 10.0 Å². The number of hydrogen-bond donors (Lipinski definition) is 2. The molecule has 0 radical (unpaired) electrons. The van der Waals surface area contributed by atoms with Gasteiger partial charge in [0.05, 0.1) is 18.4 Å². The molecule has 0 amide bonds. The number of esters is 1. The summed E-state index contributed by atoms with van der Waals surface area (Å²) in [4.78, 5) is 11.9. The van der Waals surface area contributed by atoms with Gasteiger partial charge in [-0.05, 0) is 55.0 Å². The molecule has 0 aromatic heterocycles.